The first kappa shape index (κ1) is 14.8. The second-order valence-corrected chi connectivity index (χ2v) is 3.14. The van der Waals surface area contributed by atoms with Crippen molar-refractivity contribution in [3.63, 3.8) is 0 Å². The highest BCUT2D eigenvalue weighted by Gasteiger charge is 2.13. The molecule has 0 saturated carbocycles. The van der Waals surface area contributed by atoms with Crippen molar-refractivity contribution in [2.24, 2.45) is 0 Å². The van der Waals surface area contributed by atoms with Gasteiger partial charge in [0.25, 0.3) is 0 Å². The van der Waals surface area contributed by atoms with Gasteiger partial charge >= 0.3 is 13.9 Å². The van der Waals surface area contributed by atoms with E-state index in [9.17, 15) is 9.36 Å². The quantitative estimate of drug-likeness (QED) is 0.373. The van der Waals surface area contributed by atoms with E-state index in [2.05, 4.69) is 9.05 Å². The first-order valence-corrected chi connectivity index (χ1v) is 4.41. The molecular formula is C4H12NO7P. The summed E-state index contributed by atoms with van der Waals surface area (Å²) in [5, 5.41) is 17.1. The highest BCUT2D eigenvalue weighted by molar-refractivity contribution is 7.47. The van der Waals surface area contributed by atoms with Gasteiger partial charge < -0.3 is 15.1 Å². The molecule has 0 saturated heterocycles. The van der Waals surface area contributed by atoms with Gasteiger partial charge in [-0.1, -0.05) is 0 Å². The van der Waals surface area contributed by atoms with Crippen LogP contribution in [0.2, 0.25) is 0 Å². The van der Waals surface area contributed by atoms with Gasteiger partial charge in [-0.3, -0.25) is 14.4 Å². The van der Waals surface area contributed by atoms with Crippen LogP contribution in [0, 0.1) is 0 Å². The lowest BCUT2D eigenvalue weighted by Gasteiger charge is -2.01. The molecule has 0 bridgehead atoms. The van der Waals surface area contributed by atoms with Gasteiger partial charge in [-0.25, -0.2) is 9.36 Å². The Morgan fingerprint density at radius 3 is 1.85 bits per heavy atom. The molecule has 13 heavy (non-hydrogen) atoms. The molecule has 0 spiro atoms. The van der Waals surface area contributed by atoms with Crippen LogP contribution in [0.25, 0.3) is 0 Å². The Bertz CT molecular complexity index is 175. The van der Waals surface area contributed by atoms with Crippen LogP contribution in [0.15, 0.2) is 0 Å². The van der Waals surface area contributed by atoms with Gasteiger partial charge in [-0.05, 0) is 0 Å². The zero-order chi connectivity index (χ0) is 10.9. The van der Waals surface area contributed by atoms with E-state index in [1.165, 1.54) is 0 Å². The summed E-state index contributed by atoms with van der Waals surface area (Å²) in [4.78, 5) is 17.6. The number of hydrogen-bond acceptors (Lipinski definition) is 5. The SMILES string of the molecule is COP(=O)(O)OC.O=C(O)NCO. The molecule has 0 aromatic rings. The van der Waals surface area contributed by atoms with E-state index in [4.69, 9.17) is 15.1 Å². The smallest absolute Gasteiger partial charge is 0.465 e. The van der Waals surface area contributed by atoms with E-state index in [1.807, 2.05) is 0 Å². The van der Waals surface area contributed by atoms with Crippen LogP contribution in [-0.2, 0) is 13.6 Å². The molecule has 1 amide bonds. The average Bonchev–Trinajstić information content (AvgIpc) is 2.05. The Morgan fingerprint density at radius 2 is 1.85 bits per heavy atom. The summed E-state index contributed by atoms with van der Waals surface area (Å²) < 4.78 is 18.0. The molecule has 0 aliphatic carbocycles. The van der Waals surface area contributed by atoms with E-state index in [0.717, 1.165) is 14.2 Å². The molecule has 0 fully saturated rings. The Morgan fingerprint density at radius 1 is 1.46 bits per heavy atom. The number of amides is 1. The van der Waals surface area contributed by atoms with Crippen molar-refractivity contribution < 1.29 is 33.5 Å². The maximum Gasteiger partial charge on any atom is 0.471 e. The number of phosphoric acid groups is 1. The molecule has 80 valence electrons. The third kappa shape index (κ3) is 14.2. The Kier molecular flexibility index (Phi) is 9.09. The number of nitrogens with one attached hydrogen (secondary N) is 1. The summed E-state index contributed by atoms with van der Waals surface area (Å²) >= 11 is 0. The molecule has 0 aliphatic rings. The summed E-state index contributed by atoms with van der Waals surface area (Å²) in [5.41, 5.74) is 0. The summed E-state index contributed by atoms with van der Waals surface area (Å²) in [6.45, 7) is -0.519. The van der Waals surface area contributed by atoms with E-state index >= 15 is 0 Å². The van der Waals surface area contributed by atoms with Gasteiger partial charge in [-0.2, -0.15) is 0 Å². The van der Waals surface area contributed by atoms with Crippen molar-refractivity contribution in [2.45, 2.75) is 0 Å². The minimum Gasteiger partial charge on any atom is -0.465 e. The molecule has 0 aliphatic heterocycles. The lowest BCUT2D eigenvalue weighted by Crippen LogP contribution is -2.20. The molecule has 0 unspecified atom stereocenters. The van der Waals surface area contributed by atoms with Crippen molar-refractivity contribution in [3.05, 3.63) is 0 Å². The standard InChI is InChI=1S/C2H5NO3.C2H7O4P/c4-1-3-2(5)6;1-5-7(3,4)6-2/h3-4H,1H2,(H,5,6);1-2H3,(H,3,4). The van der Waals surface area contributed by atoms with E-state index in [-0.39, 0.29) is 0 Å². The molecule has 8 nitrogen and oxygen atoms in total. The van der Waals surface area contributed by atoms with Crippen molar-refractivity contribution >= 4 is 13.9 Å². The summed E-state index contributed by atoms with van der Waals surface area (Å²) in [6.07, 6.45) is -1.21. The van der Waals surface area contributed by atoms with Crippen molar-refractivity contribution in [2.75, 3.05) is 21.0 Å². The fraction of sp³-hybridized carbons (Fsp3) is 0.750. The largest absolute Gasteiger partial charge is 0.471 e. The van der Waals surface area contributed by atoms with E-state index in [0.29, 0.717) is 0 Å². The predicted octanol–water partition coefficient (Wildman–Crippen LogP) is -0.417. The van der Waals surface area contributed by atoms with Crippen molar-refractivity contribution in [1.82, 2.24) is 5.32 Å². The Hall–Kier alpha value is -0.660. The lowest BCUT2D eigenvalue weighted by molar-refractivity contribution is 0.176. The Labute approximate surface area is 74.7 Å². The number of rotatable bonds is 3. The second-order valence-electron chi connectivity index (χ2n) is 1.47. The van der Waals surface area contributed by atoms with Crippen LogP contribution in [0.4, 0.5) is 4.79 Å². The lowest BCUT2D eigenvalue weighted by atomic mass is 11.1. The van der Waals surface area contributed by atoms with Crippen LogP contribution in [0.5, 0.6) is 0 Å². The second kappa shape index (κ2) is 7.96. The monoisotopic (exact) mass is 217 g/mol. The third-order valence-corrected chi connectivity index (χ3v) is 1.61. The Balaban J connectivity index is 0. The number of carbonyl (C=O) groups is 1. The molecule has 0 aromatic heterocycles. The fourth-order valence-corrected chi connectivity index (χ4v) is 0.291. The molecule has 0 atom stereocenters. The first-order chi connectivity index (χ1) is 5.89. The van der Waals surface area contributed by atoms with Gasteiger partial charge in [0.05, 0.1) is 0 Å². The number of aliphatic hydroxyl groups excluding tert-OH is 1. The minimum absolute atomic E-state index is 0.519. The molecule has 0 radical (unpaired) electrons. The van der Waals surface area contributed by atoms with Gasteiger partial charge in [0.1, 0.15) is 6.73 Å². The van der Waals surface area contributed by atoms with Crippen molar-refractivity contribution in [3.8, 4) is 0 Å². The fourth-order valence-electron chi connectivity index (χ4n) is 0.142. The van der Waals surface area contributed by atoms with Crippen LogP contribution in [0.3, 0.4) is 0 Å². The van der Waals surface area contributed by atoms with Crippen LogP contribution in [-0.4, -0.2) is 42.2 Å². The molecule has 4 N–H and O–H groups in total. The normalized spacial score (nSPS) is 9.85. The number of phosphoric ester groups is 1. The maximum atomic E-state index is 10.1. The molecule has 9 heteroatoms. The van der Waals surface area contributed by atoms with Gasteiger partial charge in [0.15, 0.2) is 0 Å². The van der Waals surface area contributed by atoms with Gasteiger partial charge in [-0.15, -0.1) is 0 Å². The number of hydrogen-bond donors (Lipinski definition) is 4. The summed E-state index contributed by atoms with van der Waals surface area (Å²) in [6, 6.07) is 0. The summed E-state index contributed by atoms with van der Waals surface area (Å²) in [7, 11) is -1.45. The number of aliphatic hydroxyl groups is 1. The average molecular weight is 217 g/mol. The van der Waals surface area contributed by atoms with Crippen LogP contribution < -0.4 is 5.32 Å². The van der Waals surface area contributed by atoms with Crippen molar-refractivity contribution in [1.29, 1.82) is 0 Å². The van der Waals surface area contributed by atoms with Crippen LogP contribution in [0.1, 0.15) is 0 Å². The minimum atomic E-state index is -3.65. The topological polar surface area (TPSA) is 125 Å². The van der Waals surface area contributed by atoms with E-state index in [1.54, 1.807) is 5.32 Å². The zero-order valence-corrected chi connectivity index (χ0v) is 8.02. The predicted molar refractivity (Wildman–Crippen MR) is 42.1 cm³/mol. The van der Waals surface area contributed by atoms with Gasteiger partial charge in [0.2, 0.25) is 0 Å². The van der Waals surface area contributed by atoms with E-state index < -0.39 is 20.6 Å². The highest BCUT2D eigenvalue weighted by atomic mass is 31.2. The molecule has 0 heterocycles. The first-order valence-electron chi connectivity index (χ1n) is 2.91. The number of carboxylic acid groups (broad SMARTS) is 1. The molecular weight excluding hydrogens is 205 g/mol. The highest BCUT2D eigenvalue weighted by Crippen LogP contribution is 2.40. The molecule has 0 aromatic carbocycles. The van der Waals surface area contributed by atoms with Gasteiger partial charge in [0, 0.05) is 14.2 Å². The third-order valence-electron chi connectivity index (χ3n) is 0.692. The van der Waals surface area contributed by atoms with Crippen LogP contribution >= 0.6 is 7.82 Å². The summed E-state index contributed by atoms with van der Waals surface area (Å²) in [5.74, 6) is 0. The zero-order valence-electron chi connectivity index (χ0n) is 7.13. The molecule has 0 rings (SSSR count). The maximum absolute atomic E-state index is 10.1.